The second-order valence-electron chi connectivity index (χ2n) is 4.04. The van der Waals surface area contributed by atoms with E-state index in [2.05, 4.69) is 13.2 Å². The lowest BCUT2D eigenvalue weighted by Gasteiger charge is -2.08. The van der Waals surface area contributed by atoms with Crippen molar-refractivity contribution >= 4 is 0 Å². The third-order valence-electron chi connectivity index (χ3n) is 1.77. The first-order chi connectivity index (χ1) is 6.41. The zero-order valence-corrected chi connectivity index (χ0v) is 9.29. The second kappa shape index (κ2) is 6.57. The lowest BCUT2D eigenvalue weighted by molar-refractivity contribution is 0.765. The molecule has 0 saturated carbocycles. The average Bonchev–Trinajstić information content (AvgIpc) is 1.98. The summed E-state index contributed by atoms with van der Waals surface area (Å²) < 4.78 is 0. The van der Waals surface area contributed by atoms with Crippen LogP contribution in [0.1, 0.15) is 26.7 Å². The quantitative estimate of drug-likeness (QED) is 0.636. The Morgan fingerprint density at radius 1 is 1.00 bits per heavy atom. The van der Waals surface area contributed by atoms with E-state index in [1.54, 1.807) is 0 Å². The van der Waals surface area contributed by atoms with Gasteiger partial charge >= 0.3 is 0 Å². The van der Waals surface area contributed by atoms with Crippen LogP contribution in [0.3, 0.4) is 0 Å². The zero-order chi connectivity index (χ0) is 11.1. The highest BCUT2D eigenvalue weighted by molar-refractivity contribution is 5.06. The van der Waals surface area contributed by atoms with Crippen molar-refractivity contribution < 1.29 is 0 Å². The van der Waals surface area contributed by atoms with Crippen LogP contribution in [-0.4, -0.2) is 12.1 Å². The highest BCUT2D eigenvalue weighted by Gasteiger charge is 2.00. The Morgan fingerprint density at radius 2 is 1.29 bits per heavy atom. The smallest absolute Gasteiger partial charge is 0.0261 e. The van der Waals surface area contributed by atoms with Gasteiger partial charge in [0.2, 0.25) is 0 Å². The fraction of sp³-hybridized carbons (Fsp3) is 0.500. The summed E-state index contributed by atoms with van der Waals surface area (Å²) in [6.45, 7) is 11.6. The molecule has 0 spiro atoms. The van der Waals surface area contributed by atoms with E-state index in [0.29, 0.717) is 0 Å². The largest absolute Gasteiger partial charge is 0.324 e. The van der Waals surface area contributed by atoms with Crippen LogP contribution in [-0.2, 0) is 0 Å². The molecule has 0 fully saturated rings. The second-order valence-corrected chi connectivity index (χ2v) is 4.04. The van der Waals surface area contributed by atoms with Crippen LogP contribution in [0.15, 0.2) is 36.5 Å². The van der Waals surface area contributed by atoms with Gasteiger partial charge in [-0.2, -0.15) is 0 Å². The van der Waals surface area contributed by atoms with E-state index in [0.717, 1.165) is 24.0 Å². The van der Waals surface area contributed by atoms with Crippen molar-refractivity contribution in [2.24, 2.45) is 11.5 Å². The van der Waals surface area contributed by atoms with Gasteiger partial charge in [-0.15, -0.1) is 13.2 Å². The molecular weight excluding hydrogens is 172 g/mol. The Bertz CT molecular complexity index is 204. The molecule has 0 aliphatic heterocycles. The van der Waals surface area contributed by atoms with Gasteiger partial charge in [-0.25, -0.2) is 0 Å². The molecule has 0 amide bonds. The number of hydrogen-bond acceptors (Lipinski definition) is 2. The standard InChI is InChI=1S/C12H22N2/c1-9(2)7-11(13)5-6-12(14)8-10(3)4/h5-6,11-12H,1,3,7-8,13-14H2,2,4H3/b6-5+. The van der Waals surface area contributed by atoms with Crippen LogP contribution in [0.5, 0.6) is 0 Å². The molecule has 2 nitrogen and oxygen atoms in total. The highest BCUT2D eigenvalue weighted by atomic mass is 14.6. The Labute approximate surface area is 87.4 Å². The summed E-state index contributed by atoms with van der Waals surface area (Å²) >= 11 is 0. The molecule has 2 heteroatoms. The summed E-state index contributed by atoms with van der Waals surface area (Å²) in [6.07, 6.45) is 5.52. The lowest BCUT2D eigenvalue weighted by Crippen LogP contribution is -2.21. The minimum Gasteiger partial charge on any atom is -0.324 e. The van der Waals surface area contributed by atoms with Crippen LogP contribution < -0.4 is 11.5 Å². The highest BCUT2D eigenvalue weighted by Crippen LogP contribution is 2.04. The van der Waals surface area contributed by atoms with Crippen LogP contribution in [0, 0.1) is 0 Å². The summed E-state index contributed by atoms with van der Waals surface area (Å²) in [5.74, 6) is 0. The van der Waals surface area contributed by atoms with Crippen molar-refractivity contribution in [2.45, 2.75) is 38.8 Å². The van der Waals surface area contributed by atoms with Crippen molar-refractivity contribution in [3.05, 3.63) is 36.5 Å². The topological polar surface area (TPSA) is 52.0 Å². The van der Waals surface area contributed by atoms with Crippen LogP contribution in [0.4, 0.5) is 0 Å². The molecule has 0 heterocycles. The molecule has 0 aromatic carbocycles. The molecule has 2 unspecified atom stereocenters. The Hall–Kier alpha value is -0.860. The van der Waals surface area contributed by atoms with Gasteiger partial charge in [-0.05, 0) is 26.7 Å². The van der Waals surface area contributed by atoms with Crippen LogP contribution in [0.25, 0.3) is 0 Å². The van der Waals surface area contributed by atoms with Crippen molar-refractivity contribution in [1.29, 1.82) is 0 Å². The molecule has 0 saturated heterocycles. The average molecular weight is 194 g/mol. The number of nitrogens with two attached hydrogens (primary N) is 2. The van der Waals surface area contributed by atoms with E-state index in [1.165, 1.54) is 0 Å². The number of hydrogen-bond donors (Lipinski definition) is 2. The molecule has 0 bridgehead atoms. The van der Waals surface area contributed by atoms with E-state index >= 15 is 0 Å². The predicted octanol–water partition coefficient (Wildman–Crippen LogP) is 2.13. The summed E-state index contributed by atoms with van der Waals surface area (Å²) in [4.78, 5) is 0. The molecule has 4 N–H and O–H groups in total. The summed E-state index contributed by atoms with van der Waals surface area (Å²) in [5, 5.41) is 0. The van der Waals surface area contributed by atoms with Gasteiger partial charge in [0.1, 0.15) is 0 Å². The van der Waals surface area contributed by atoms with Crippen molar-refractivity contribution in [1.82, 2.24) is 0 Å². The van der Waals surface area contributed by atoms with E-state index in [9.17, 15) is 0 Å². The van der Waals surface area contributed by atoms with Gasteiger partial charge in [-0.1, -0.05) is 23.3 Å². The first-order valence-electron chi connectivity index (χ1n) is 4.90. The molecular formula is C12H22N2. The van der Waals surface area contributed by atoms with Gasteiger partial charge in [-0.3, -0.25) is 0 Å². The van der Waals surface area contributed by atoms with Gasteiger partial charge < -0.3 is 11.5 Å². The first-order valence-corrected chi connectivity index (χ1v) is 4.90. The Kier molecular flexibility index (Phi) is 6.17. The Morgan fingerprint density at radius 3 is 1.50 bits per heavy atom. The molecule has 0 aliphatic carbocycles. The van der Waals surface area contributed by atoms with Crippen LogP contribution >= 0.6 is 0 Å². The normalized spacial score (nSPS) is 15.4. The molecule has 0 aromatic heterocycles. The summed E-state index contributed by atoms with van der Waals surface area (Å²) in [7, 11) is 0. The molecule has 0 aromatic rings. The minimum absolute atomic E-state index is 0.0312. The van der Waals surface area contributed by atoms with Gasteiger partial charge in [0, 0.05) is 12.1 Å². The maximum atomic E-state index is 5.83. The van der Waals surface area contributed by atoms with Gasteiger partial charge in [0.15, 0.2) is 0 Å². The molecule has 0 radical (unpaired) electrons. The number of rotatable bonds is 6. The van der Waals surface area contributed by atoms with Gasteiger partial charge in [0.25, 0.3) is 0 Å². The van der Waals surface area contributed by atoms with E-state index in [4.69, 9.17) is 11.5 Å². The predicted molar refractivity (Wildman–Crippen MR) is 64.0 cm³/mol. The maximum absolute atomic E-state index is 5.83. The van der Waals surface area contributed by atoms with E-state index in [-0.39, 0.29) is 12.1 Å². The summed E-state index contributed by atoms with van der Waals surface area (Å²) in [6, 6.07) is 0.0624. The SMILES string of the molecule is C=C(C)CC(N)/C=C/C(N)CC(=C)C. The van der Waals surface area contributed by atoms with Crippen LogP contribution in [0.2, 0.25) is 0 Å². The zero-order valence-electron chi connectivity index (χ0n) is 9.29. The third kappa shape index (κ3) is 7.77. The maximum Gasteiger partial charge on any atom is 0.0261 e. The molecule has 0 aliphatic rings. The van der Waals surface area contributed by atoms with Crippen molar-refractivity contribution in [3.8, 4) is 0 Å². The summed E-state index contributed by atoms with van der Waals surface area (Å²) in [5.41, 5.74) is 13.8. The fourth-order valence-corrected chi connectivity index (χ4v) is 1.23. The molecule has 80 valence electrons. The first kappa shape index (κ1) is 13.1. The fourth-order valence-electron chi connectivity index (χ4n) is 1.23. The molecule has 0 rings (SSSR count). The van der Waals surface area contributed by atoms with Crippen molar-refractivity contribution in [3.63, 3.8) is 0 Å². The third-order valence-corrected chi connectivity index (χ3v) is 1.77. The van der Waals surface area contributed by atoms with Gasteiger partial charge in [0.05, 0.1) is 0 Å². The Balaban J connectivity index is 3.90. The van der Waals surface area contributed by atoms with E-state index in [1.807, 2.05) is 26.0 Å². The monoisotopic (exact) mass is 194 g/mol. The minimum atomic E-state index is 0.0312. The van der Waals surface area contributed by atoms with E-state index < -0.39 is 0 Å². The lowest BCUT2D eigenvalue weighted by atomic mass is 10.1. The molecule has 2 atom stereocenters. The van der Waals surface area contributed by atoms with Crippen molar-refractivity contribution in [2.75, 3.05) is 0 Å². The molecule has 14 heavy (non-hydrogen) atoms.